The molecule has 0 radical (unpaired) electrons. The standard InChI is InChI=1S/C28H28/c1-2-3-4-14-21-27(25-17-10-6-11-18-25)28(26-19-12-7-13-20-26)23-22-24-15-8-5-9-16-24/h5-23H,2-4H2,1H3/b21-14+,23-22-,28-27+. The van der Waals surface area contributed by atoms with Gasteiger partial charge in [0.25, 0.3) is 0 Å². The monoisotopic (exact) mass is 364 g/mol. The Morgan fingerprint density at radius 3 is 1.68 bits per heavy atom. The summed E-state index contributed by atoms with van der Waals surface area (Å²) in [6.45, 7) is 2.24. The molecule has 0 amide bonds. The fourth-order valence-electron chi connectivity index (χ4n) is 3.19. The van der Waals surface area contributed by atoms with Gasteiger partial charge >= 0.3 is 0 Å². The summed E-state index contributed by atoms with van der Waals surface area (Å²) in [4.78, 5) is 0. The summed E-state index contributed by atoms with van der Waals surface area (Å²) in [5.41, 5.74) is 6.18. The average molecular weight is 365 g/mol. The van der Waals surface area contributed by atoms with Crippen LogP contribution in [0, 0.1) is 0 Å². The predicted octanol–water partition coefficient (Wildman–Crippen LogP) is 8.06. The van der Waals surface area contributed by atoms with E-state index in [1.807, 2.05) is 0 Å². The zero-order valence-electron chi connectivity index (χ0n) is 16.6. The highest BCUT2D eigenvalue weighted by atomic mass is 14.1. The van der Waals surface area contributed by atoms with Gasteiger partial charge in [0.2, 0.25) is 0 Å². The molecule has 0 aromatic heterocycles. The van der Waals surface area contributed by atoms with Gasteiger partial charge in [0.05, 0.1) is 0 Å². The molecule has 0 saturated heterocycles. The van der Waals surface area contributed by atoms with Crippen LogP contribution in [0.1, 0.15) is 42.9 Å². The van der Waals surface area contributed by atoms with Gasteiger partial charge in [-0.05, 0) is 34.3 Å². The molecule has 0 unspecified atom stereocenters. The molecule has 0 saturated carbocycles. The molecule has 3 aromatic rings. The van der Waals surface area contributed by atoms with Gasteiger partial charge < -0.3 is 0 Å². The molecule has 0 bridgehead atoms. The first-order chi connectivity index (χ1) is 13.9. The summed E-state index contributed by atoms with van der Waals surface area (Å²) < 4.78 is 0. The first kappa shape index (κ1) is 19.6. The molecule has 0 heteroatoms. The van der Waals surface area contributed by atoms with E-state index in [-0.39, 0.29) is 0 Å². The van der Waals surface area contributed by atoms with E-state index < -0.39 is 0 Å². The van der Waals surface area contributed by atoms with Crippen LogP contribution < -0.4 is 0 Å². The zero-order valence-corrected chi connectivity index (χ0v) is 16.6. The van der Waals surface area contributed by atoms with Gasteiger partial charge in [-0.25, -0.2) is 0 Å². The van der Waals surface area contributed by atoms with Crippen LogP contribution in [0.25, 0.3) is 17.2 Å². The van der Waals surface area contributed by atoms with Crippen molar-refractivity contribution in [3.05, 3.63) is 126 Å². The Labute approximate surface area is 169 Å². The number of allylic oxidation sites excluding steroid dienone is 5. The first-order valence-electron chi connectivity index (χ1n) is 10.1. The van der Waals surface area contributed by atoms with Crippen molar-refractivity contribution in [2.24, 2.45) is 0 Å². The average Bonchev–Trinajstić information content (AvgIpc) is 2.77. The molecular formula is C28H28. The second-order valence-electron chi connectivity index (χ2n) is 6.85. The number of rotatable bonds is 8. The largest absolute Gasteiger partial charge is 0.0839 e. The van der Waals surface area contributed by atoms with Crippen molar-refractivity contribution in [2.75, 3.05) is 0 Å². The van der Waals surface area contributed by atoms with E-state index in [0.717, 1.165) is 6.42 Å². The summed E-state index contributed by atoms with van der Waals surface area (Å²) in [7, 11) is 0. The van der Waals surface area contributed by atoms with Crippen LogP contribution >= 0.6 is 0 Å². The van der Waals surface area contributed by atoms with Gasteiger partial charge in [-0.3, -0.25) is 0 Å². The van der Waals surface area contributed by atoms with E-state index in [0.29, 0.717) is 0 Å². The molecule has 0 atom stereocenters. The topological polar surface area (TPSA) is 0 Å². The van der Waals surface area contributed by atoms with Gasteiger partial charge in [0, 0.05) is 0 Å². The summed E-state index contributed by atoms with van der Waals surface area (Å²) in [5, 5.41) is 0. The molecule has 0 aliphatic heterocycles. The molecule has 0 heterocycles. The van der Waals surface area contributed by atoms with Gasteiger partial charge in [-0.2, -0.15) is 0 Å². The van der Waals surface area contributed by atoms with Gasteiger partial charge in [0.15, 0.2) is 0 Å². The van der Waals surface area contributed by atoms with Crippen LogP contribution in [0.2, 0.25) is 0 Å². The molecule has 0 nitrogen and oxygen atoms in total. The molecule has 0 aliphatic carbocycles. The molecule has 0 fully saturated rings. The Morgan fingerprint density at radius 1 is 0.643 bits per heavy atom. The molecule has 140 valence electrons. The normalized spacial score (nSPS) is 12.5. The van der Waals surface area contributed by atoms with E-state index in [9.17, 15) is 0 Å². The molecule has 0 spiro atoms. The van der Waals surface area contributed by atoms with Crippen molar-refractivity contribution >= 4 is 17.2 Å². The Morgan fingerprint density at radius 2 is 1.14 bits per heavy atom. The Balaban J connectivity index is 2.11. The fraction of sp³-hybridized carbons (Fsp3) is 0.143. The van der Waals surface area contributed by atoms with E-state index in [1.165, 1.54) is 40.7 Å². The summed E-state index contributed by atoms with van der Waals surface area (Å²) in [5.74, 6) is 0. The summed E-state index contributed by atoms with van der Waals surface area (Å²) in [6, 6.07) is 31.8. The molecule has 3 aromatic carbocycles. The smallest absolute Gasteiger partial charge is 0.0105 e. The van der Waals surface area contributed by atoms with E-state index >= 15 is 0 Å². The third kappa shape index (κ3) is 5.69. The van der Waals surface area contributed by atoms with Gasteiger partial charge in [-0.1, -0.05) is 135 Å². The van der Waals surface area contributed by atoms with E-state index in [2.05, 4.69) is 122 Å². The van der Waals surface area contributed by atoms with Crippen molar-refractivity contribution in [2.45, 2.75) is 26.2 Å². The number of hydrogen-bond donors (Lipinski definition) is 0. The maximum atomic E-state index is 2.31. The van der Waals surface area contributed by atoms with Gasteiger partial charge in [0.1, 0.15) is 0 Å². The molecule has 0 aliphatic rings. The molecular weight excluding hydrogens is 336 g/mol. The molecule has 0 N–H and O–H groups in total. The van der Waals surface area contributed by atoms with Crippen LogP contribution in [-0.4, -0.2) is 0 Å². The lowest BCUT2D eigenvalue weighted by Crippen LogP contribution is -1.89. The first-order valence-corrected chi connectivity index (χ1v) is 10.1. The summed E-state index contributed by atoms with van der Waals surface area (Å²) >= 11 is 0. The maximum absolute atomic E-state index is 2.31. The van der Waals surface area contributed by atoms with Crippen molar-refractivity contribution in [1.82, 2.24) is 0 Å². The fourth-order valence-corrected chi connectivity index (χ4v) is 3.19. The van der Waals surface area contributed by atoms with Crippen LogP contribution in [-0.2, 0) is 0 Å². The Kier molecular flexibility index (Phi) is 7.64. The minimum absolute atomic E-state index is 1.11. The van der Waals surface area contributed by atoms with Crippen LogP contribution in [0.15, 0.2) is 109 Å². The minimum atomic E-state index is 1.11. The minimum Gasteiger partial charge on any atom is -0.0839 e. The number of benzene rings is 3. The predicted molar refractivity (Wildman–Crippen MR) is 124 cm³/mol. The van der Waals surface area contributed by atoms with Crippen molar-refractivity contribution in [3.8, 4) is 0 Å². The van der Waals surface area contributed by atoms with Crippen molar-refractivity contribution in [1.29, 1.82) is 0 Å². The lowest BCUT2D eigenvalue weighted by Gasteiger charge is -2.11. The van der Waals surface area contributed by atoms with Crippen LogP contribution in [0.3, 0.4) is 0 Å². The second kappa shape index (κ2) is 10.9. The quantitative estimate of drug-likeness (QED) is 0.215. The third-order valence-corrected chi connectivity index (χ3v) is 4.71. The number of unbranched alkanes of at least 4 members (excludes halogenated alkanes) is 2. The number of hydrogen-bond acceptors (Lipinski definition) is 0. The summed E-state index contributed by atoms with van der Waals surface area (Å²) in [6.07, 6.45) is 12.6. The van der Waals surface area contributed by atoms with Crippen molar-refractivity contribution in [3.63, 3.8) is 0 Å². The van der Waals surface area contributed by atoms with E-state index in [4.69, 9.17) is 0 Å². The van der Waals surface area contributed by atoms with Crippen molar-refractivity contribution < 1.29 is 0 Å². The zero-order chi connectivity index (χ0) is 19.4. The van der Waals surface area contributed by atoms with Gasteiger partial charge in [-0.15, -0.1) is 0 Å². The lowest BCUT2D eigenvalue weighted by molar-refractivity contribution is 0.815. The highest BCUT2D eigenvalue weighted by Crippen LogP contribution is 2.29. The maximum Gasteiger partial charge on any atom is -0.0105 e. The van der Waals surface area contributed by atoms with Crippen LogP contribution in [0.5, 0.6) is 0 Å². The third-order valence-electron chi connectivity index (χ3n) is 4.71. The van der Waals surface area contributed by atoms with E-state index in [1.54, 1.807) is 0 Å². The highest BCUT2D eigenvalue weighted by molar-refractivity contribution is 6.01. The molecule has 28 heavy (non-hydrogen) atoms. The molecule has 3 rings (SSSR count). The Hall–Kier alpha value is -3.12. The van der Waals surface area contributed by atoms with Crippen LogP contribution in [0.4, 0.5) is 0 Å². The SMILES string of the molecule is CCCC/C=C/C(=C(/C=C\c1ccccc1)c1ccccc1)c1ccccc1. The highest BCUT2D eigenvalue weighted by Gasteiger charge is 2.07. The Bertz CT molecular complexity index is 914. The second-order valence-corrected chi connectivity index (χ2v) is 6.85. The lowest BCUT2D eigenvalue weighted by atomic mass is 9.93.